The van der Waals surface area contributed by atoms with Crippen LogP contribution < -0.4 is 5.73 Å². The van der Waals surface area contributed by atoms with Gasteiger partial charge in [0, 0.05) is 18.9 Å². The van der Waals surface area contributed by atoms with Gasteiger partial charge in [-0.1, -0.05) is 0 Å². The second-order valence-corrected chi connectivity index (χ2v) is 7.62. The van der Waals surface area contributed by atoms with E-state index in [-0.39, 0.29) is 6.04 Å². The summed E-state index contributed by atoms with van der Waals surface area (Å²) in [5.74, 6) is 4.13. The lowest BCUT2D eigenvalue weighted by molar-refractivity contribution is -0.0623. The van der Waals surface area contributed by atoms with Crippen molar-refractivity contribution in [3.8, 4) is 0 Å². The number of nitrogens with zero attached hydrogens (tertiary/aromatic N) is 2. The molecule has 3 heteroatoms. The average molecular weight is 259 g/mol. The third-order valence-corrected chi connectivity index (χ3v) is 5.83. The Bertz CT molecular complexity index is 439. The average Bonchev–Trinajstić information content (AvgIpc) is 2.74. The minimum Gasteiger partial charge on any atom is -0.333 e. The van der Waals surface area contributed by atoms with E-state index in [0.29, 0.717) is 5.41 Å². The van der Waals surface area contributed by atoms with Gasteiger partial charge in [-0.15, -0.1) is 0 Å². The van der Waals surface area contributed by atoms with Gasteiger partial charge in [0.05, 0.1) is 6.04 Å². The Morgan fingerprint density at radius 3 is 2.37 bits per heavy atom. The van der Waals surface area contributed by atoms with Gasteiger partial charge in [-0.3, -0.25) is 0 Å². The fourth-order valence-corrected chi connectivity index (χ4v) is 5.70. The molecule has 2 N–H and O–H groups in total. The van der Waals surface area contributed by atoms with Crippen molar-refractivity contribution < 1.29 is 0 Å². The van der Waals surface area contributed by atoms with Gasteiger partial charge in [-0.25, -0.2) is 4.98 Å². The van der Waals surface area contributed by atoms with Gasteiger partial charge in [0.25, 0.3) is 0 Å². The first kappa shape index (κ1) is 12.0. The lowest BCUT2D eigenvalue weighted by atomic mass is 9.49. The lowest BCUT2D eigenvalue weighted by Gasteiger charge is -2.57. The molecular formula is C16H25N3. The fourth-order valence-electron chi connectivity index (χ4n) is 5.70. The van der Waals surface area contributed by atoms with Crippen LogP contribution in [0.25, 0.3) is 0 Å². The van der Waals surface area contributed by atoms with Gasteiger partial charge in [-0.05, 0) is 68.6 Å². The van der Waals surface area contributed by atoms with E-state index >= 15 is 0 Å². The van der Waals surface area contributed by atoms with Crippen molar-refractivity contribution in [2.45, 2.75) is 58.0 Å². The predicted octanol–water partition coefficient (Wildman–Crippen LogP) is 3.12. The largest absolute Gasteiger partial charge is 0.333 e. The van der Waals surface area contributed by atoms with Crippen molar-refractivity contribution >= 4 is 0 Å². The van der Waals surface area contributed by atoms with Gasteiger partial charge < -0.3 is 10.3 Å². The molecule has 4 aliphatic rings. The molecule has 0 radical (unpaired) electrons. The molecule has 1 unspecified atom stereocenters. The van der Waals surface area contributed by atoms with Crippen LogP contribution in [0.5, 0.6) is 0 Å². The Kier molecular flexibility index (Phi) is 2.57. The second-order valence-electron chi connectivity index (χ2n) is 7.62. The quantitative estimate of drug-likeness (QED) is 0.906. The van der Waals surface area contributed by atoms with E-state index in [0.717, 1.165) is 30.1 Å². The number of nitrogens with two attached hydrogens (primary N) is 1. The Hall–Kier alpha value is -0.830. The molecule has 3 nitrogen and oxygen atoms in total. The van der Waals surface area contributed by atoms with Gasteiger partial charge >= 0.3 is 0 Å². The number of hydrogen-bond donors (Lipinski definition) is 1. The molecule has 5 rings (SSSR count). The number of aromatic nitrogens is 2. The Labute approximate surface area is 115 Å². The van der Waals surface area contributed by atoms with Crippen molar-refractivity contribution in [3.05, 3.63) is 18.2 Å². The fraction of sp³-hybridized carbons (Fsp3) is 0.812. The van der Waals surface area contributed by atoms with E-state index in [4.69, 9.17) is 5.73 Å². The van der Waals surface area contributed by atoms with Crippen LogP contribution in [0, 0.1) is 23.2 Å². The molecule has 0 aromatic carbocycles. The Balaban J connectivity index is 1.60. The topological polar surface area (TPSA) is 43.8 Å². The summed E-state index contributed by atoms with van der Waals surface area (Å²) >= 11 is 0. The second kappa shape index (κ2) is 4.08. The van der Waals surface area contributed by atoms with Gasteiger partial charge in [0.2, 0.25) is 0 Å². The van der Waals surface area contributed by atoms with E-state index < -0.39 is 0 Å². The highest BCUT2D eigenvalue weighted by atomic mass is 15.1. The van der Waals surface area contributed by atoms with Crippen molar-refractivity contribution in [2.75, 3.05) is 0 Å². The zero-order valence-electron chi connectivity index (χ0n) is 11.9. The molecule has 4 bridgehead atoms. The molecule has 0 aliphatic heterocycles. The maximum Gasteiger partial charge on any atom is 0.125 e. The standard InChI is InChI=1S/C16H25N3/c1-11(17)15-18-2-3-19(15)10-16-7-12-4-13(8-16)6-14(5-12)9-16/h2-3,11-14H,4-10,17H2,1H3. The van der Waals surface area contributed by atoms with Gasteiger partial charge in [0.15, 0.2) is 0 Å². The van der Waals surface area contributed by atoms with Crippen LogP contribution in [0.15, 0.2) is 12.4 Å². The molecule has 4 aliphatic carbocycles. The van der Waals surface area contributed by atoms with Crippen LogP contribution in [0.2, 0.25) is 0 Å². The van der Waals surface area contributed by atoms with Crippen LogP contribution in [-0.4, -0.2) is 9.55 Å². The van der Waals surface area contributed by atoms with Gasteiger partial charge in [-0.2, -0.15) is 0 Å². The van der Waals surface area contributed by atoms with Crippen LogP contribution in [0.3, 0.4) is 0 Å². The maximum atomic E-state index is 6.04. The summed E-state index contributed by atoms with van der Waals surface area (Å²) in [5, 5.41) is 0. The van der Waals surface area contributed by atoms with Crippen molar-refractivity contribution in [3.63, 3.8) is 0 Å². The van der Waals surface area contributed by atoms with E-state index in [9.17, 15) is 0 Å². The van der Waals surface area contributed by atoms with E-state index in [1.807, 2.05) is 13.1 Å². The van der Waals surface area contributed by atoms with Crippen LogP contribution in [0.1, 0.15) is 57.3 Å². The molecule has 4 saturated carbocycles. The molecule has 0 amide bonds. The Morgan fingerprint density at radius 2 is 1.84 bits per heavy atom. The first-order valence-electron chi connectivity index (χ1n) is 7.90. The molecule has 104 valence electrons. The molecule has 1 heterocycles. The van der Waals surface area contributed by atoms with Crippen LogP contribution >= 0.6 is 0 Å². The molecular weight excluding hydrogens is 234 g/mol. The normalized spacial score (nSPS) is 41.7. The van der Waals surface area contributed by atoms with Crippen LogP contribution in [-0.2, 0) is 6.54 Å². The predicted molar refractivity (Wildman–Crippen MR) is 75.4 cm³/mol. The molecule has 4 fully saturated rings. The number of hydrogen-bond acceptors (Lipinski definition) is 2. The molecule has 1 aromatic heterocycles. The number of imidazole rings is 1. The summed E-state index contributed by atoms with van der Waals surface area (Å²) in [6, 6.07) is 0.0453. The van der Waals surface area contributed by atoms with Crippen molar-refractivity contribution in [1.29, 1.82) is 0 Å². The monoisotopic (exact) mass is 259 g/mol. The first-order chi connectivity index (χ1) is 9.13. The maximum absolute atomic E-state index is 6.04. The summed E-state index contributed by atoms with van der Waals surface area (Å²) in [4.78, 5) is 4.45. The molecule has 1 atom stereocenters. The number of rotatable bonds is 3. The van der Waals surface area contributed by atoms with Crippen LogP contribution in [0.4, 0.5) is 0 Å². The summed E-state index contributed by atoms with van der Waals surface area (Å²) in [6.45, 7) is 3.20. The van der Waals surface area contributed by atoms with Crippen molar-refractivity contribution in [2.24, 2.45) is 28.9 Å². The highest BCUT2D eigenvalue weighted by Crippen LogP contribution is 2.60. The smallest absolute Gasteiger partial charge is 0.125 e. The zero-order valence-corrected chi connectivity index (χ0v) is 11.9. The van der Waals surface area contributed by atoms with E-state index in [2.05, 4.69) is 15.7 Å². The summed E-state index contributed by atoms with van der Waals surface area (Å²) < 4.78 is 2.35. The first-order valence-corrected chi connectivity index (χ1v) is 7.90. The minimum absolute atomic E-state index is 0.0453. The van der Waals surface area contributed by atoms with E-state index in [1.165, 1.54) is 38.5 Å². The Morgan fingerprint density at radius 1 is 1.26 bits per heavy atom. The third kappa shape index (κ3) is 1.94. The zero-order chi connectivity index (χ0) is 13.0. The summed E-state index contributed by atoms with van der Waals surface area (Å²) in [5.41, 5.74) is 6.61. The highest BCUT2D eigenvalue weighted by Gasteiger charge is 2.50. The van der Waals surface area contributed by atoms with Crippen molar-refractivity contribution in [1.82, 2.24) is 9.55 Å². The van der Waals surface area contributed by atoms with Gasteiger partial charge in [0.1, 0.15) is 5.82 Å². The third-order valence-electron chi connectivity index (χ3n) is 5.83. The SMILES string of the molecule is CC(N)c1nccn1CC12CC3CC(CC(C3)C1)C2. The summed E-state index contributed by atoms with van der Waals surface area (Å²) in [6.07, 6.45) is 13.0. The van der Waals surface area contributed by atoms with E-state index in [1.54, 1.807) is 0 Å². The lowest BCUT2D eigenvalue weighted by Crippen LogP contribution is -2.48. The molecule has 1 aromatic rings. The molecule has 0 saturated heterocycles. The minimum atomic E-state index is 0.0453. The molecule has 19 heavy (non-hydrogen) atoms. The summed E-state index contributed by atoms with van der Waals surface area (Å²) in [7, 11) is 0. The highest BCUT2D eigenvalue weighted by molar-refractivity contribution is 5.04. The molecule has 0 spiro atoms.